The van der Waals surface area contributed by atoms with Crippen LogP contribution < -0.4 is 11.3 Å². The molecule has 0 bridgehead atoms. The Labute approximate surface area is 119 Å². The van der Waals surface area contributed by atoms with Crippen LogP contribution in [0.2, 0.25) is 0 Å². The van der Waals surface area contributed by atoms with Gasteiger partial charge in [-0.1, -0.05) is 44.2 Å². The molecule has 20 heavy (non-hydrogen) atoms. The molecular weight excluding hydrogens is 250 g/mol. The second-order valence-corrected chi connectivity index (χ2v) is 5.52. The van der Waals surface area contributed by atoms with E-state index in [1.807, 2.05) is 37.3 Å². The van der Waals surface area contributed by atoms with Gasteiger partial charge in [-0.05, 0) is 18.9 Å². The molecule has 106 valence electrons. The number of nitrogens with two attached hydrogens (primary N) is 1. The molecule has 1 atom stereocenters. The molecule has 4 nitrogen and oxygen atoms in total. The lowest BCUT2D eigenvalue weighted by Gasteiger charge is -2.14. The van der Waals surface area contributed by atoms with Gasteiger partial charge in [0.15, 0.2) is 0 Å². The number of aromatic nitrogens is 2. The molecule has 4 heteroatoms. The molecular formula is C16H21N3O. The maximum atomic E-state index is 12.3. The summed E-state index contributed by atoms with van der Waals surface area (Å²) in [7, 11) is 0. The molecule has 0 amide bonds. The highest BCUT2D eigenvalue weighted by molar-refractivity contribution is 5.58. The first kappa shape index (κ1) is 14.5. The van der Waals surface area contributed by atoms with E-state index in [1.165, 1.54) is 4.68 Å². The van der Waals surface area contributed by atoms with Crippen molar-refractivity contribution in [2.45, 2.75) is 33.4 Å². The standard InChI is InChI=1S/C16H21N3O/c1-11(2)10-19-16(20)14(12(3)17)9-15(18-19)13-7-5-4-6-8-13/h4-9,11-12H,10,17H2,1-3H3. The van der Waals surface area contributed by atoms with Gasteiger partial charge in [0.25, 0.3) is 5.56 Å². The maximum absolute atomic E-state index is 12.3. The Morgan fingerprint density at radius 3 is 2.40 bits per heavy atom. The molecule has 1 aromatic heterocycles. The van der Waals surface area contributed by atoms with Gasteiger partial charge in [0.1, 0.15) is 0 Å². The average Bonchev–Trinajstić information content (AvgIpc) is 2.41. The number of hydrogen-bond acceptors (Lipinski definition) is 3. The summed E-state index contributed by atoms with van der Waals surface area (Å²) < 4.78 is 1.53. The van der Waals surface area contributed by atoms with Crippen LogP contribution in [0.3, 0.4) is 0 Å². The number of nitrogens with zero attached hydrogens (tertiary/aromatic N) is 2. The lowest BCUT2D eigenvalue weighted by atomic mass is 10.1. The Morgan fingerprint density at radius 1 is 1.20 bits per heavy atom. The smallest absolute Gasteiger partial charge is 0.271 e. The van der Waals surface area contributed by atoms with E-state index in [-0.39, 0.29) is 11.6 Å². The van der Waals surface area contributed by atoms with Crippen molar-refractivity contribution in [3.05, 3.63) is 52.3 Å². The van der Waals surface area contributed by atoms with Crippen LogP contribution in [-0.2, 0) is 6.54 Å². The van der Waals surface area contributed by atoms with Gasteiger partial charge < -0.3 is 5.73 Å². The molecule has 0 aliphatic carbocycles. The highest BCUT2D eigenvalue weighted by Crippen LogP contribution is 2.18. The Hall–Kier alpha value is -1.94. The van der Waals surface area contributed by atoms with E-state index in [0.717, 1.165) is 11.3 Å². The maximum Gasteiger partial charge on any atom is 0.271 e. The third-order valence-corrected chi connectivity index (χ3v) is 3.10. The molecule has 2 N–H and O–H groups in total. The highest BCUT2D eigenvalue weighted by Gasteiger charge is 2.13. The zero-order valence-corrected chi connectivity index (χ0v) is 12.2. The number of benzene rings is 1. The van der Waals surface area contributed by atoms with E-state index in [0.29, 0.717) is 18.0 Å². The molecule has 0 aliphatic rings. The third-order valence-electron chi connectivity index (χ3n) is 3.10. The molecule has 1 unspecified atom stereocenters. The number of hydrogen-bond donors (Lipinski definition) is 1. The van der Waals surface area contributed by atoms with Crippen molar-refractivity contribution < 1.29 is 0 Å². The van der Waals surface area contributed by atoms with Gasteiger partial charge in [0, 0.05) is 23.7 Å². The summed E-state index contributed by atoms with van der Waals surface area (Å²) in [5.74, 6) is 0.354. The van der Waals surface area contributed by atoms with Crippen LogP contribution in [0.25, 0.3) is 11.3 Å². The van der Waals surface area contributed by atoms with Gasteiger partial charge in [-0.2, -0.15) is 5.10 Å². The Bertz CT molecular complexity index is 630. The van der Waals surface area contributed by atoms with E-state index < -0.39 is 0 Å². The van der Waals surface area contributed by atoms with Crippen LogP contribution in [-0.4, -0.2) is 9.78 Å². The van der Waals surface area contributed by atoms with Crippen LogP contribution in [0.5, 0.6) is 0 Å². The minimum absolute atomic E-state index is 0.0895. The average molecular weight is 271 g/mol. The summed E-state index contributed by atoms with van der Waals surface area (Å²) in [6.45, 7) is 6.55. The van der Waals surface area contributed by atoms with Crippen LogP contribution in [0.1, 0.15) is 32.4 Å². The van der Waals surface area contributed by atoms with Crippen molar-refractivity contribution in [1.82, 2.24) is 9.78 Å². The minimum Gasteiger partial charge on any atom is -0.324 e. The fourth-order valence-electron chi connectivity index (χ4n) is 2.11. The monoisotopic (exact) mass is 271 g/mol. The normalized spacial score (nSPS) is 12.7. The van der Waals surface area contributed by atoms with Gasteiger partial charge in [-0.3, -0.25) is 4.79 Å². The predicted octanol–water partition coefficient (Wildman–Crippen LogP) is 2.59. The Balaban J connectivity index is 2.59. The lowest BCUT2D eigenvalue weighted by molar-refractivity contribution is 0.460. The number of rotatable bonds is 4. The first-order valence-corrected chi connectivity index (χ1v) is 6.92. The van der Waals surface area contributed by atoms with E-state index in [9.17, 15) is 4.79 Å². The molecule has 0 saturated carbocycles. The van der Waals surface area contributed by atoms with Gasteiger partial charge in [-0.25, -0.2) is 4.68 Å². The predicted molar refractivity (Wildman–Crippen MR) is 81.4 cm³/mol. The summed E-state index contributed by atoms with van der Waals surface area (Å²) >= 11 is 0. The topological polar surface area (TPSA) is 60.9 Å². The van der Waals surface area contributed by atoms with Gasteiger partial charge in [0.2, 0.25) is 0 Å². The zero-order valence-electron chi connectivity index (χ0n) is 12.2. The molecule has 0 aliphatic heterocycles. The summed E-state index contributed by atoms with van der Waals surface area (Å²) in [6.07, 6.45) is 0. The summed E-state index contributed by atoms with van der Waals surface area (Å²) in [6, 6.07) is 11.3. The zero-order chi connectivity index (χ0) is 14.7. The molecule has 2 rings (SSSR count). The second kappa shape index (κ2) is 6.01. The molecule has 0 saturated heterocycles. The van der Waals surface area contributed by atoms with Crippen molar-refractivity contribution in [3.63, 3.8) is 0 Å². The largest absolute Gasteiger partial charge is 0.324 e. The van der Waals surface area contributed by atoms with E-state index in [4.69, 9.17) is 5.73 Å². The van der Waals surface area contributed by atoms with Gasteiger partial charge in [-0.15, -0.1) is 0 Å². The Kier molecular flexibility index (Phi) is 4.35. The van der Waals surface area contributed by atoms with Crippen LogP contribution in [0.15, 0.2) is 41.2 Å². The molecule has 1 aromatic carbocycles. The summed E-state index contributed by atoms with van der Waals surface area (Å²) in [5.41, 5.74) is 8.22. The van der Waals surface area contributed by atoms with Crippen LogP contribution in [0, 0.1) is 5.92 Å². The van der Waals surface area contributed by atoms with E-state index >= 15 is 0 Å². The fourth-order valence-corrected chi connectivity index (χ4v) is 2.11. The molecule has 0 spiro atoms. The van der Waals surface area contributed by atoms with Crippen LogP contribution in [0.4, 0.5) is 0 Å². The van der Waals surface area contributed by atoms with E-state index in [2.05, 4.69) is 18.9 Å². The van der Waals surface area contributed by atoms with Gasteiger partial charge in [0.05, 0.1) is 5.69 Å². The second-order valence-electron chi connectivity index (χ2n) is 5.52. The fraction of sp³-hybridized carbons (Fsp3) is 0.375. The molecule has 1 heterocycles. The summed E-state index contributed by atoms with van der Waals surface area (Å²) in [5, 5.41) is 4.47. The SMILES string of the molecule is CC(C)Cn1nc(-c2ccccc2)cc(C(C)N)c1=O. The first-order chi connectivity index (χ1) is 9.49. The Morgan fingerprint density at radius 2 is 1.85 bits per heavy atom. The van der Waals surface area contributed by atoms with Crippen LogP contribution >= 0.6 is 0 Å². The van der Waals surface area contributed by atoms with E-state index in [1.54, 1.807) is 6.07 Å². The van der Waals surface area contributed by atoms with Crippen molar-refractivity contribution >= 4 is 0 Å². The molecule has 0 radical (unpaired) electrons. The first-order valence-electron chi connectivity index (χ1n) is 6.92. The lowest BCUT2D eigenvalue weighted by Crippen LogP contribution is -2.31. The van der Waals surface area contributed by atoms with Gasteiger partial charge >= 0.3 is 0 Å². The summed E-state index contributed by atoms with van der Waals surface area (Å²) in [4.78, 5) is 12.3. The van der Waals surface area contributed by atoms with Crippen molar-refractivity contribution in [2.75, 3.05) is 0 Å². The molecule has 2 aromatic rings. The minimum atomic E-state index is -0.300. The van der Waals surface area contributed by atoms with Crippen molar-refractivity contribution in [3.8, 4) is 11.3 Å². The third kappa shape index (κ3) is 3.14. The molecule has 0 fully saturated rings. The quantitative estimate of drug-likeness (QED) is 0.929. The van der Waals surface area contributed by atoms with Crippen molar-refractivity contribution in [1.29, 1.82) is 0 Å². The van der Waals surface area contributed by atoms with Crippen molar-refractivity contribution in [2.24, 2.45) is 11.7 Å². The highest BCUT2D eigenvalue weighted by atomic mass is 16.1.